The number of hydrogen-bond acceptors (Lipinski definition) is 7. The van der Waals surface area contributed by atoms with Gasteiger partial charge < -0.3 is 33.7 Å². The molecule has 1 aliphatic carbocycles. The van der Waals surface area contributed by atoms with Crippen LogP contribution >= 0.6 is 0 Å². The molecule has 1 unspecified atom stereocenters. The monoisotopic (exact) mass is 499 g/mol. The van der Waals surface area contributed by atoms with Gasteiger partial charge in [0.2, 0.25) is 0 Å². The van der Waals surface area contributed by atoms with Crippen molar-refractivity contribution in [3.8, 4) is 5.75 Å². The van der Waals surface area contributed by atoms with Crippen molar-refractivity contribution in [1.29, 1.82) is 0 Å². The van der Waals surface area contributed by atoms with Crippen molar-refractivity contribution in [2.24, 2.45) is 0 Å². The Morgan fingerprint density at radius 1 is 1.00 bits per heavy atom. The third-order valence-corrected chi connectivity index (χ3v) is 6.61. The van der Waals surface area contributed by atoms with E-state index in [0.717, 1.165) is 16.9 Å². The van der Waals surface area contributed by atoms with Gasteiger partial charge in [-0.05, 0) is 37.1 Å². The fourth-order valence-electron chi connectivity index (χ4n) is 4.90. The highest BCUT2D eigenvalue weighted by molar-refractivity contribution is 5.85. The topological polar surface area (TPSA) is 84.5 Å². The van der Waals surface area contributed by atoms with E-state index < -0.39 is 17.5 Å². The minimum absolute atomic E-state index is 0.206. The van der Waals surface area contributed by atoms with Crippen LogP contribution in [0.5, 0.6) is 5.75 Å². The average Bonchev–Trinajstić information content (AvgIpc) is 3.20. The zero-order valence-corrected chi connectivity index (χ0v) is 21.5. The van der Waals surface area contributed by atoms with E-state index in [1.807, 2.05) is 68.4 Å². The number of ether oxygens (including phenoxy) is 6. The number of amides is 1. The Balaban J connectivity index is 1.59. The number of carbonyl (C=O) groups excluding carboxylic acids is 1. The predicted octanol–water partition coefficient (Wildman–Crippen LogP) is 3.61. The van der Waals surface area contributed by atoms with Crippen molar-refractivity contribution in [3.05, 3.63) is 65.7 Å². The predicted molar refractivity (Wildman–Crippen MR) is 133 cm³/mol. The molecule has 2 fully saturated rings. The zero-order valence-electron chi connectivity index (χ0n) is 21.5. The second-order valence-electron chi connectivity index (χ2n) is 9.77. The summed E-state index contributed by atoms with van der Waals surface area (Å²) in [7, 11) is 3.23. The maximum absolute atomic E-state index is 13.6. The molecule has 36 heavy (non-hydrogen) atoms. The normalized spacial score (nSPS) is 26.8. The van der Waals surface area contributed by atoms with Crippen molar-refractivity contribution in [2.45, 2.75) is 69.6 Å². The molecular weight excluding hydrogens is 462 g/mol. The summed E-state index contributed by atoms with van der Waals surface area (Å²) in [4.78, 5) is 13.6. The van der Waals surface area contributed by atoms with Crippen LogP contribution in [-0.2, 0) is 41.7 Å². The van der Waals surface area contributed by atoms with Crippen LogP contribution in [-0.4, -0.2) is 63.0 Å². The van der Waals surface area contributed by atoms with Gasteiger partial charge in [-0.3, -0.25) is 4.79 Å². The van der Waals surface area contributed by atoms with E-state index in [-0.39, 0.29) is 24.7 Å². The van der Waals surface area contributed by atoms with Gasteiger partial charge in [0.15, 0.2) is 11.4 Å². The number of hydrogen-bond donors (Lipinski definition) is 1. The quantitative estimate of drug-likeness (QED) is 0.473. The molecule has 1 saturated heterocycles. The van der Waals surface area contributed by atoms with Gasteiger partial charge >= 0.3 is 0 Å². The van der Waals surface area contributed by atoms with Crippen LogP contribution < -0.4 is 10.1 Å². The molecule has 0 bridgehead atoms. The highest BCUT2D eigenvalue weighted by atomic mass is 16.8. The maximum Gasteiger partial charge on any atom is 0.252 e. The van der Waals surface area contributed by atoms with Gasteiger partial charge in [-0.15, -0.1) is 0 Å². The number of rotatable bonds is 11. The zero-order chi connectivity index (χ0) is 25.6. The summed E-state index contributed by atoms with van der Waals surface area (Å²) in [5.41, 5.74) is 0.791. The van der Waals surface area contributed by atoms with Gasteiger partial charge in [0.1, 0.15) is 11.9 Å². The van der Waals surface area contributed by atoms with Crippen molar-refractivity contribution in [1.82, 2.24) is 5.32 Å². The Morgan fingerprint density at radius 3 is 2.53 bits per heavy atom. The molecule has 1 amide bonds. The summed E-state index contributed by atoms with van der Waals surface area (Å²) in [6.07, 6.45) is -0.362. The molecule has 1 N–H and O–H groups in total. The van der Waals surface area contributed by atoms with Gasteiger partial charge in [-0.2, -0.15) is 0 Å². The fraction of sp³-hybridized carbons (Fsp3) is 0.536. The first kappa shape index (κ1) is 26.6. The Labute approximate surface area is 213 Å². The van der Waals surface area contributed by atoms with E-state index >= 15 is 0 Å². The summed E-state index contributed by atoms with van der Waals surface area (Å²) in [5, 5.41) is 2.98. The van der Waals surface area contributed by atoms with E-state index in [1.54, 1.807) is 14.2 Å². The number of nitrogens with one attached hydrogen (secondary N) is 1. The fourth-order valence-corrected chi connectivity index (χ4v) is 4.90. The summed E-state index contributed by atoms with van der Waals surface area (Å²) in [6.45, 7) is 5.20. The van der Waals surface area contributed by atoms with Gasteiger partial charge in [-0.1, -0.05) is 42.5 Å². The molecule has 4 rings (SSSR count). The van der Waals surface area contributed by atoms with Crippen LogP contribution in [0.4, 0.5) is 0 Å². The lowest BCUT2D eigenvalue weighted by Gasteiger charge is -2.43. The second kappa shape index (κ2) is 11.7. The first-order valence-corrected chi connectivity index (χ1v) is 12.4. The molecule has 0 spiro atoms. The standard InChI is InChI=1S/C28H37NO7/c1-27(2)35-24-17-28(26(30)29-13-14-31-3,34-19-21-11-8-12-22(15-21)32-4)16-23(25(24)36-27)33-18-20-9-6-5-7-10-20/h5-12,15,23-25H,13-14,16-19H2,1-4H3,(H,29,30)/t23?,24-,25+,28-/m1/s1. The average molecular weight is 500 g/mol. The third kappa shape index (κ3) is 6.44. The SMILES string of the molecule is COCCNC(=O)[C@@]1(OCc2cccc(OC)c2)CC(OCc2ccccc2)[C@@H]2OC(C)(C)O[C@@H]2C1. The lowest BCUT2D eigenvalue weighted by atomic mass is 9.78. The molecule has 8 nitrogen and oxygen atoms in total. The Morgan fingerprint density at radius 2 is 1.78 bits per heavy atom. The molecule has 0 aromatic heterocycles. The van der Waals surface area contributed by atoms with E-state index in [4.69, 9.17) is 28.4 Å². The molecule has 4 atom stereocenters. The summed E-state index contributed by atoms with van der Waals surface area (Å²) < 4.78 is 35.8. The van der Waals surface area contributed by atoms with Crippen LogP contribution in [0.25, 0.3) is 0 Å². The largest absolute Gasteiger partial charge is 0.497 e. The van der Waals surface area contributed by atoms with Gasteiger partial charge in [-0.25, -0.2) is 0 Å². The van der Waals surface area contributed by atoms with E-state index in [2.05, 4.69) is 5.32 Å². The van der Waals surface area contributed by atoms with Gasteiger partial charge in [0.25, 0.3) is 5.91 Å². The Hall–Kier alpha value is -2.49. The highest BCUT2D eigenvalue weighted by Gasteiger charge is 2.58. The molecular formula is C28H37NO7. The first-order chi connectivity index (χ1) is 17.3. The number of benzene rings is 2. The van der Waals surface area contributed by atoms with E-state index in [0.29, 0.717) is 32.6 Å². The molecule has 1 saturated carbocycles. The number of fused-ring (bicyclic) bond motifs is 1. The van der Waals surface area contributed by atoms with Crippen molar-refractivity contribution in [3.63, 3.8) is 0 Å². The molecule has 1 aliphatic heterocycles. The molecule has 2 aliphatic rings. The molecule has 196 valence electrons. The minimum Gasteiger partial charge on any atom is -0.497 e. The minimum atomic E-state index is -1.16. The smallest absolute Gasteiger partial charge is 0.252 e. The summed E-state index contributed by atoms with van der Waals surface area (Å²) >= 11 is 0. The Kier molecular flexibility index (Phi) is 8.64. The van der Waals surface area contributed by atoms with E-state index in [9.17, 15) is 4.79 Å². The first-order valence-electron chi connectivity index (χ1n) is 12.4. The van der Waals surface area contributed by atoms with Crippen LogP contribution in [0.2, 0.25) is 0 Å². The van der Waals surface area contributed by atoms with Gasteiger partial charge in [0, 0.05) is 26.5 Å². The Bertz CT molecular complexity index is 998. The lowest BCUT2D eigenvalue weighted by molar-refractivity contribution is -0.183. The van der Waals surface area contributed by atoms with E-state index in [1.165, 1.54) is 0 Å². The molecule has 8 heteroatoms. The molecule has 0 radical (unpaired) electrons. The summed E-state index contributed by atoms with van der Waals surface area (Å²) in [5.74, 6) is -0.252. The van der Waals surface area contributed by atoms with Crippen LogP contribution in [0, 0.1) is 0 Å². The molecule has 2 aromatic carbocycles. The van der Waals surface area contributed by atoms with Crippen molar-refractivity contribution >= 4 is 5.91 Å². The van der Waals surface area contributed by atoms with Gasteiger partial charge in [0.05, 0.1) is 39.1 Å². The third-order valence-electron chi connectivity index (χ3n) is 6.61. The van der Waals surface area contributed by atoms with Crippen molar-refractivity contribution in [2.75, 3.05) is 27.4 Å². The molecule has 1 heterocycles. The van der Waals surface area contributed by atoms with Crippen LogP contribution in [0.3, 0.4) is 0 Å². The van der Waals surface area contributed by atoms with Crippen molar-refractivity contribution < 1.29 is 33.2 Å². The number of carbonyl (C=O) groups is 1. The highest BCUT2D eigenvalue weighted by Crippen LogP contribution is 2.44. The molecule has 2 aromatic rings. The van der Waals surface area contributed by atoms with Crippen LogP contribution in [0.15, 0.2) is 54.6 Å². The number of methoxy groups -OCH3 is 2. The second-order valence-corrected chi connectivity index (χ2v) is 9.77. The maximum atomic E-state index is 13.6. The van der Waals surface area contributed by atoms with Crippen LogP contribution in [0.1, 0.15) is 37.8 Å². The lowest BCUT2D eigenvalue weighted by Crippen LogP contribution is -2.60. The summed E-state index contributed by atoms with van der Waals surface area (Å²) in [6, 6.07) is 17.6.